The second-order valence-electron chi connectivity index (χ2n) is 6.03. The summed E-state index contributed by atoms with van der Waals surface area (Å²) >= 11 is 0. The van der Waals surface area contributed by atoms with Gasteiger partial charge in [0.15, 0.2) is 11.5 Å². The maximum atomic E-state index is 12.6. The molecule has 0 saturated carbocycles. The molecule has 0 unspecified atom stereocenters. The Labute approximate surface area is 162 Å². The van der Waals surface area contributed by atoms with Gasteiger partial charge < -0.3 is 19.1 Å². The number of rotatable bonds is 10. The molecule has 0 saturated heterocycles. The van der Waals surface area contributed by atoms with Crippen LogP contribution in [-0.4, -0.2) is 72.2 Å². The normalized spacial score (nSPS) is 14.0. The van der Waals surface area contributed by atoms with Crippen molar-refractivity contribution >= 4 is 15.9 Å². The summed E-state index contributed by atoms with van der Waals surface area (Å²) in [6, 6.07) is 4.24. The first-order chi connectivity index (χ1) is 13.3. The second kappa shape index (κ2) is 10.5. The molecular weight excluding hydrogens is 398 g/mol. The predicted molar refractivity (Wildman–Crippen MR) is 96.3 cm³/mol. The lowest BCUT2D eigenvalue weighted by Crippen LogP contribution is -2.39. The van der Waals surface area contributed by atoms with E-state index in [1.807, 2.05) is 0 Å². The standard InChI is InChI=1S/C17H24F2N2O6S/c1-25-10-7-21(12-16(18)19)17(22)5-6-20-28(23,24)13-3-4-14-15(11-13)27-9-2-8-26-14/h3-4,11,16,20H,2,5-10,12H2,1H3. The lowest BCUT2D eigenvalue weighted by atomic mass is 10.3. The molecule has 1 aliphatic heterocycles. The summed E-state index contributed by atoms with van der Waals surface area (Å²) in [5, 5.41) is 0. The van der Waals surface area contributed by atoms with Gasteiger partial charge in [-0.05, 0) is 12.1 Å². The smallest absolute Gasteiger partial charge is 0.255 e. The van der Waals surface area contributed by atoms with Crippen molar-refractivity contribution in [2.75, 3.05) is 46.6 Å². The van der Waals surface area contributed by atoms with E-state index in [4.69, 9.17) is 14.2 Å². The van der Waals surface area contributed by atoms with Crippen LogP contribution in [0.1, 0.15) is 12.8 Å². The van der Waals surface area contributed by atoms with Crippen molar-refractivity contribution in [1.29, 1.82) is 0 Å². The quantitative estimate of drug-likeness (QED) is 0.610. The summed E-state index contributed by atoms with van der Waals surface area (Å²) in [4.78, 5) is 13.0. The number of benzene rings is 1. The molecular formula is C17H24F2N2O6S. The molecule has 1 amide bonds. The summed E-state index contributed by atoms with van der Waals surface area (Å²) in [7, 11) is -2.50. The highest BCUT2D eigenvalue weighted by atomic mass is 32.2. The number of amides is 1. The Balaban J connectivity index is 1.95. The summed E-state index contributed by atoms with van der Waals surface area (Å²) in [6.45, 7) is 0.0763. The zero-order valence-electron chi connectivity index (χ0n) is 15.5. The van der Waals surface area contributed by atoms with Crippen LogP contribution in [0.4, 0.5) is 8.78 Å². The molecule has 1 aliphatic rings. The van der Waals surface area contributed by atoms with Gasteiger partial charge in [-0.1, -0.05) is 0 Å². The van der Waals surface area contributed by atoms with E-state index in [1.54, 1.807) is 0 Å². The lowest BCUT2D eigenvalue weighted by Gasteiger charge is -2.22. The fourth-order valence-electron chi connectivity index (χ4n) is 2.53. The molecule has 1 N–H and O–H groups in total. The van der Waals surface area contributed by atoms with Gasteiger partial charge in [0.25, 0.3) is 6.43 Å². The van der Waals surface area contributed by atoms with E-state index in [1.165, 1.54) is 25.3 Å². The summed E-state index contributed by atoms with van der Waals surface area (Å²) in [5.74, 6) is 0.213. The number of nitrogens with one attached hydrogen (secondary N) is 1. The van der Waals surface area contributed by atoms with Gasteiger partial charge in [-0.15, -0.1) is 0 Å². The van der Waals surface area contributed by atoms with Crippen LogP contribution < -0.4 is 14.2 Å². The zero-order valence-corrected chi connectivity index (χ0v) is 16.3. The summed E-state index contributed by atoms with van der Waals surface area (Å²) in [6.07, 6.45) is -2.24. The topological polar surface area (TPSA) is 94.2 Å². The van der Waals surface area contributed by atoms with Gasteiger partial charge in [-0.25, -0.2) is 21.9 Å². The van der Waals surface area contributed by atoms with Gasteiger partial charge in [0.1, 0.15) is 0 Å². The van der Waals surface area contributed by atoms with Gasteiger partial charge in [0, 0.05) is 39.1 Å². The van der Waals surface area contributed by atoms with Crippen LogP contribution in [0.3, 0.4) is 0 Å². The Morgan fingerprint density at radius 3 is 2.68 bits per heavy atom. The number of alkyl halides is 2. The van der Waals surface area contributed by atoms with Crippen molar-refractivity contribution in [3.63, 3.8) is 0 Å². The van der Waals surface area contributed by atoms with E-state index in [-0.39, 0.29) is 31.0 Å². The molecule has 0 aromatic heterocycles. The number of nitrogens with zero attached hydrogens (tertiary/aromatic N) is 1. The SMILES string of the molecule is COCCN(CC(F)F)C(=O)CCNS(=O)(=O)c1ccc2c(c1)OCCCO2. The van der Waals surface area contributed by atoms with Crippen molar-refractivity contribution in [1.82, 2.24) is 9.62 Å². The minimum Gasteiger partial charge on any atom is -0.490 e. The summed E-state index contributed by atoms with van der Waals surface area (Å²) in [5.41, 5.74) is 0. The van der Waals surface area contributed by atoms with Crippen LogP contribution in [-0.2, 0) is 19.6 Å². The summed E-state index contributed by atoms with van der Waals surface area (Å²) < 4.78 is 68.1. The third kappa shape index (κ3) is 6.57. The molecule has 0 bridgehead atoms. The monoisotopic (exact) mass is 422 g/mol. The number of halogens is 2. The van der Waals surface area contributed by atoms with Crippen molar-refractivity contribution in [3.05, 3.63) is 18.2 Å². The van der Waals surface area contributed by atoms with Gasteiger partial charge in [0.05, 0.1) is 31.3 Å². The molecule has 1 aromatic rings. The average molecular weight is 422 g/mol. The number of hydrogen-bond acceptors (Lipinski definition) is 6. The van der Waals surface area contributed by atoms with Crippen molar-refractivity contribution in [2.45, 2.75) is 24.2 Å². The highest BCUT2D eigenvalue weighted by Gasteiger charge is 2.21. The third-order valence-corrected chi connectivity index (χ3v) is 5.40. The molecule has 8 nitrogen and oxygen atoms in total. The Kier molecular flexibility index (Phi) is 8.39. The van der Waals surface area contributed by atoms with E-state index in [0.29, 0.717) is 31.1 Å². The fraction of sp³-hybridized carbons (Fsp3) is 0.588. The number of methoxy groups -OCH3 is 1. The molecule has 0 spiro atoms. The Hall–Kier alpha value is -1.98. The Bertz CT molecular complexity index is 760. The Morgan fingerprint density at radius 2 is 2.00 bits per heavy atom. The Morgan fingerprint density at radius 1 is 1.29 bits per heavy atom. The third-order valence-electron chi connectivity index (χ3n) is 3.94. The predicted octanol–water partition coefficient (Wildman–Crippen LogP) is 1.26. The molecule has 0 atom stereocenters. The van der Waals surface area contributed by atoms with E-state index >= 15 is 0 Å². The minimum absolute atomic E-state index is 0.00852. The molecule has 28 heavy (non-hydrogen) atoms. The van der Waals surface area contributed by atoms with Gasteiger partial charge in [-0.2, -0.15) is 0 Å². The van der Waals surface area contributed by atoms with E-state index in [2.05, 4.69) is 4.72 Å². The van der Waals surface area contributed by atoms with Crippen LogP contribution in [0, 0.1) is 0 Å². The molecule has 0 aliphatic carbocycles. The van der Waals surface area contributed by atoms with Crippen LogP contribution in [0.5, 0.6) is 11.5 Å². The maximum absolute atomic E-state index is 12.6. The number of carbonyl (C=O) groups is 1. The second-order valence-corrected chi connectivity index (χ2v) is 7.80. The fourth-order valence-corrected chi connectivity index (χ4v) is 3.58. The van der Waals surface area contributed by atoms with E-state index < -0.39 is 28.9 Å². The van der Waals surface area contributed by atoms with Crippen LogP contribution >= 0.6 is 0 Å². The molecule has 11 heteroatoms. The molecule has 0 fully saturated rings. The largest absolute Gasteiger partial charge is 0.490 e. The van der Waals surface area contributed by atoms with Crippen molar-refractivity contribution in [3.8, 4) is 11.5 Å². The van der Waals surface area contributed by atoms with Crippen LogP contribution in [0.25, 0.3) is 0 Å². The average Bonchev–Trinajstić information content (AvgIpc) is 2.89. The van der Waals surface area contributed by atoms with Crippen LogP contribution in [0.15, 0.2) is 23.1 Å². The number of sulfonamides is 1. The lowest BCUT2D eigenvalue weighted by molar-refractivity contribution is -0.133. The first-order valence-electron chi connectivity index (χ1n) is 8.77. The van der Waals surface area contributed by atoms with Crippen molar-refractivity contribution < 1.29 is 36.2 Å². The van der Waals surface area contributed by atoms with Crippen LogP contribution in [0.2, 0.25) is 0 Å². The van der Waals surface area contributed by atoms with E-state index in [0.717, 1.165) is 4.90 Å². The number of hydrogen-bond donors (Lipinski definition) is 1. The zero-order chi connectivity index (χ0) is 20.6. The maximum Gasteiger partial charge on any atom is 0.255 e. The number of fused-ring (bicyclic) bond motifs is 1. The van der Waals surface area contributed by atoms with E-state index in [9.17, 15) is 22.0 Å². The van der Waals surface area contributed by atoms with Crippen molar-refractivity contribution in [2.24, 2.45) is 0 Å². The molecule has 0 radical (unpaired) electrons. The van der Waals surface area contributed by atoms with Gasteiger partial charge in [0.2, 0.25) is 15.9 Å². The highest BCUT2D eigenvalue weighted by molar-refractivity contribution is 7.89. The molecule has 1 aromatic carbocycles. The molecule has 158 valence electrons. The minimum atomic E-state index is -3.90. The molecule has 1 heterocycles. The number of carbonyl (C=O) groups excluding carboxylic acids is 1. The number of ether oxygens (including phenoxy) is 3. The first kappa shape index (κ1) is 22.3. The highest BCUT2D eigenvalue weighted by Crippen LogP contribution is 2.31. The van der Waals surface area contributed by atoms with Gasteiger partial charge >= 0.3 is 0 Å². The van der Waals surface area contributed by atoms with Gasteiger partial charge in [-0.3, -0.25) is 4.79 Å². The molecule has 2 rings (SSSR count). The first-order valence-corrected chi connectivity index (χ1v) is 10.3.